The van der Waals surface area contributed by atoms with Crippen LogP contribution < -0.4 is 20.1 Å². The number of rotatable bonds is 17. The average molecular weight is 782 g/mol. The topological polar surface area (TPSA) is 207 Å². The molecule has 14 nitrogen and oxygen atoms in total. The summed E-state index contributed by atoms with van der Waals surface area (Å²) < 4.78 is 37.8. The number of aliphatic hydroxyl groups excluding tert-OH is 2. The van der Waals surface area contributed by atoms with Gasteiger partial charge in [-0.15, -0.1) is 0 Å². The van der Waals surface area contributed by atoms with Gasteiger partial charge in [-0.3, -0.25) is 14.9 Å². The first-order valence-corrected chi connectivity index (χ1v) is 20.4. The minimum Gasteiger partial charge on any atom is -0.480 e. The molecule has 2 unspecified atom stereocenters. The minimum atomic E-state index is -3.95. The van der Waals surface area contributed by atoms with E-state index < -0.39 is 65.3 Å². The van der Waals surface area contributed by atoms with Crippen molar-refractivity contribution >= 4 is 57.1 Å². The van der Waals surface area contributed by atoms with Gasteiger partial charge in [0.15, 0.2) is 0 Å². The first-order valence-electron chi connectivity index (χ1n) is 17.7. The quantitative estimate of drug-likeness (QED) is 0.0912. The van der Waals surface area contributed by atoms with Crippen LogP contribution in [0.25, 0.3) is 0 Å². The number of likely N-dealkylation sites (tertiary alicyclic amines) is 1. The summed E-state index contributed by atoms with van der Waals surface area (Å²) in [6.45, 7) is 0.841. The first kappa shape index (κ1) is 40.2. The number of carbonyl (C=O) groups excluding carboxylic acids is 2. The summed E-state index contributed by atoms with van der Waals surface area (Å²) in [7, 11) is -3.95. The number of hydrogen-bond acceptors (Lipinski definition) is 12. The smallest absolute Gasteiger partial charge is 0.326 e. The van der Waals surface area contributed by atoms with Crippen molar-refractivity contribution in [1.82, 2.24) is 19.7 Å². The lowest BCUT2D eigenvalue weighted by molar-refractivity contribution is -0.152. The highest BCUT2D eigenvalue weighted by Crippen LogP contribution is 2.38. The molecule has 2 aromatic rings. The SMILES string of the molecule is C[C@H](N[C@@H](CCc1ccc(CNS(=O)(=O)c2cc3c(cc2Cl)NC(CC2CCCC2)NS3)cc1)C(=O)OCC(O)CO)C(=O)N1CCC[C@H]1C(=O)O. The Morgan fingerprint density at radius 2 is 1.81 bits per heavy atom. The Hall–Kier alpha value is -2.96. The van der Waals surface area contributed by atoms with Gasteiger partial charge in [0, 0.05) is 18.0 Å². The summed E-state index contributed by atoms with van der Waals surface area (Å²) in [6, 6.07) is 7.58. The third-order valence-electron chi connectivity index (χ3n) is 9.78. The zero-order valence-corrected chi connectivity index (χ0v) is 31.4. The van der Waals surface area contributed by atoms with Gasteiger partial charge in [0.2, 0.25) is 15.9 Å². The number of halogens is 1. The molecule has 2 aliphatic heterocycles. The van der Waals surface area contributed by atoms with Crippen LogP contribution in [0.15, 0.2) is 46.2 Å². The highest BCUT2D eigenvalue weighted by molar-refractivity contribution is 7.97. The van der Waals surface area contributed by atoms with Gasteiger partial charge in [-0.05, 0) is 80.2 Å². The number of sulfonamides is 1. The van der Waals surface area contributed by atoms with Crippen molar-refractivity contribution in [3.05, 3.63) is 52.5 Å². The number of benzene rings is 2. The van der Waals surface area contributed by atoms with Crippen LogP contribution in [0, 0.1) is 5.92 Å². The Kier molecular flexibility index (Phi) is 14.2. The summed E-state index contributed by atoms with van der Waals surface area (Å²) >= 11 is 7.90. The molecule has 3 aliphatic rings. The van der Waals surface area contributed by atoms with E-state index in [9.17, 15) is 33.0 Å². The number of amides is 1. The van der Waals surface area contributed by atoms with E-state index >= 15 is 0 Å². The molecule has 0 aromatic heterocycles. The molecule has 0 bridgehead atoms. The Labute approximate surface area is 313 Å². The molecule has 52 heavy (non-hydrogen) atoms. The number of anilines is 1. The third-order valence-corrected chi connectivity index (χ3v) is 12.6. The summed E-state index contributed by atoms with van der Waals surface area (Å²) in [6.07, 6.45) is 6.31. The maximum Gasteiger partial charge on any atom is 0.326 e. The molecule has 0 spiro atoms. The largest absolute Gasteiger partial charge is 0.480 e. The molecule has 2 fully saturated rings. The number of nitrogens with one attached hydrogen (secondary N) is 4. The van der Waals surface area contributed by atoms with Gasteiger partial charge in [0.25, 0.3) is 0 Å². The molecule has 7 N–H and O–H groups in total. The lowest BCUT2D eigenvalue weighted by atomic mass is 10.0. The Balaban J connectivity index is 1.16. The van der Waals surface area contributed by atoms with Gasteiger partial charge in [0.1, 0.15) is 29.7 Å². The van der Waals surface area contributed by atoms with E-state index in [4.69, 9.17) is 21.4 Å². The molecule has 286 valence electrons. The van der Waals surface area contributed by atoms with E-state index in [-0.39, 0.29) is 29.0 Å². The number of hydrogen-bond donors (Lipinski definition) is 7. The zero-order valence-electron chi connectivity index (χ0n) is 29.1. The fourth-order valence-electron chi connectivity index (χ4n) is 6.88. The molecular weight excluding hydrogens is 734 g/mol. The fraction of sp³-hybridized carbons (Fsp3) is 0.571. The van der Waals surface area contributed by atoms with Crippen LogP contribution >= 0.6 is 23.5 Å². The number of carbonyl (C=O) groups is 3. The molecule has 17 heteroatoms. The van der Waals surface area contributed by atoms with Crippen LogP contribution in [0.3, 0.4) is 0 Å². The van der Waals surface area contributed by atoms with Crippen molar-refractivity contribution in [2.75, 3.05) is 25.1 Å². The minimum absolute atomic E-state index is 0.0114. The molecule has 1 aliphatic carbocycles. The predicted octanol–water partition coefficient (Wildman–Crippen LogP) is 3.00. The number of aliphatic hydroxyl groups is 2. The second kappa shape index (κ2) is 18.4. The average Bonchev–Trinajstić information content (AvgIpc) is 3.84. The van der Waals surface area contributed by atoms with E-state index in [0.29, 0.717) is 37.3 Å². The molecule has 2 aromatic carbocycles. The number of fused-ring (bicyclic) bond motifs is 1. The molecule has 1 saturated carbocycles. The van der Waals surface area contributed by atoms with Crippen molar-refractivity contribution in [1.29, 1.82) is 0 Å². The zero-order chi connectivity index (χ0) is 37.4. The molecular formula is C35H48ClN5O9S2. The van der Waals surface area contributed by atoms with Crippen molar-refractivity contribution in [2.24, 2.45) is 5.92 Å². The maximum atomic E-state index is 13.3. The van der Waals surface area contributed by atoms with E-state index in [2.05, 4.69) is 20.1 Å². The van der Waals surface area contributed by atoms with Gasteiger partial charge in [-0.1, -0.05) is 61.5 Å². The highest BCUT2D eigenvalue weighted by atomic mass is 35.5. The van der Waals surface area contributed by atoms with Crippen LogP contribution in [0.4, 0.5) is 5.69 Å². The molecule has 0 radical (unpaired) electrons. The van der Waals surface area contributed by atoms with Gasteiger partial charge in [0.05, 0.1) is 29.5 Å². The predicted molar refractivity (Wildman–Crippen MR) is 196 cm³/mol. The van der Waals surface area contributed by atoms with E-state index in [1.807, 2.05) is 0 Å². The lowest BCUT2D eigenvalue weighted by Crippen LogP contribution is -2.53. The monoisotopic (exact) mass is 781 g/mol. The van der Waals surface area contributed by atoms with Gasteiger partial charge < -0.3 is 30.3 Å². The number of carboxylic acids is 1. The van der Waals surface area contributed by atoms with Crippen molar-refractivity contribution < 1.29 is 42.9 Å². The van der Waals surface area contributed by atoms with Gasteiger partial charge in [-0.2, -0.15) is 0 Å². The summed E-state index contributed by atoms with van der Waals surface area (Å²) in [5, 5.41) is 34.8. The standard InChI is InChI=1S/C35H48ClN5O9S2/c1-21(33(44)41-14-4-7-29(41)34(45)46)38-27(35(47)50-20-25(43)19-42)13-12-22-8-10-24(11-9-22)18-37-52(48,49)31-17-30-28(16-26(31)36)39-32(40-51-30)15-23-5-2-3-6-23/h8-11,16-17,21,23,25,27,29,32,37-40,42-43H,2-7,12-15,18-20H2,1H3,(H,45,46)/t21-,25?,27-,29-,32?/m0/s1. The van der Waals surface area contributed by atoms with E-state index in [1.165, 1.54) is 42.5 Å². The number of aryl methyl sites for hydroxylation is 1. The number of nitrogens with zero attached hydrogens (tertiary/aromatic N) is 1. The fourth-order valence-corrected chi connectivity index (χ4v) is 9.35. The third kappa shape index (κ3) is 10.6. The molecule has 1 saturated heterocycles. The van der Waals surface area contributed by atoms with Crippen LogP contribution in [0.1, 0.15) is 69.4 Å². The van der Waals surface area contributed by atoms with Crippen molar-refractivity contribution in [3.63, 3.8) is 0 Å². The van der Waals surface area contributed by atoms with Crippen LogP contribution in [-0.2, 0) is 42.1 Å². The first-order chi connectivity index (χ1) is 24.8. The number of esters is 1. The molecule has 5 atom stereocenters. The lowest BCUT2D eigenvalue weighted by Gasteiger charge is -2.29. The van der Waals surface area contributed by atoms with E-state index in [1.54, 1.807) is 43.3 Å². The normalized spacial score (nSPS) is 20.9. The second-order valence-corrected chi connectivity index (χ2v) is 16.7. The van der Waals surface area contributed by atoms with Crippen LogP contribution in [-0.4, -0.2) is 96.6 Å². The highest BCUT2D eigenvalue weighted by Gasteiger charge is 2.37. The molecule has 5 rings (SSSR count). The maximum absolute atomic E-state index is 13.3. The summed E-state index contributed by atoms with van der Waals surface area (Å²) in [5.74, 6) is -1.58. The summed E-state index contributed by atoms with van der Waals surface area (Å²) in [5.41, 5.74) is 2.32. The van der Waals surface area contributed by atoms with Crippen LogP contribution in [0.5, 0.6) is 0 Å². The summed E-state index contributed by atoms with van der Waals surface area (Å²) in [4.78, 5) is 39.8. The molecule has 2 heterocycles. The van der Waals surface area contributed by atoms with Crippen molar-refractivity contribution in [2.45, 2.75) is 111 Å². The molecule has 1 amide bonds. The van der Waals surface area contributed by atoms with Gasteiger partial charge >= 0.3 is 11.9 Å². The number of ether oxygens (including phenoxy) is 1. The second-order valence-electron chi connectivity index (χ2n) is 13.7. The van der Waals surface area contributed by atoms with Crippen molar-refractivity contribution in [3.8, 4) is 0 Å². The number of carboxylic acid groups (broad SMARTS) is 1. The Morgan fingerprint density at radius 1 is 1.10 bits per heavy atom. The number of aliphatic carboxylic acids is 1. The Morgan fingerprint density at radius 3 is 2.50 bits per heavy atom. The van der Waals surface area contributed by atoms with Crippen LogP contribution in [0.2, 0.25) is 5.02 Å². The van der Waals surface area contributed by atoms with Gasteiger partial charge in [-0.25, -0.2) is 22.7 Å². The van der Waals surface area contributed by atoms with E-state index in [0.717, 1.165) is 22.6 Å². The Bertz CT molecular complexity index is 1680.